The molecule has 2 N–H and O–H groups in total. The summed E-state index contributed by atoms with van der Waals surface area (Å²) in [7, 11) is 0. The zero-order valence-corrected chi connectivity index (χ0v) is 12.4. The summed E-state index contributed by atoms with van der Waals surface area (Å²) in [6.07, 6.45) is 8.85. The van der Waals surface area contributed by atoms with Gasteiger partial charge in [0.15, 0.2) is 0 Å². The molecule has 0 bridgehead atoms. The van der Waals surface area contributed by atoms with Gasteiger partial charge in [0.05, 0.1) is 0 Å². The minimum atomic E-state index is 0.221. The number of rotatable bonds is 4. The molecule has 1 saturated carbocycles. The van der Waals surface area contributed by atoms with Crippen molar-refractivity contribution in [2.24, 2.45) is 17.6 Å². The van der Waals surface area contributed by atoms with Gasteiger partial charge in [-0.05, 0) is 36.1 Å². The van der Waals surface area contributed by atoms with Gasteiger partial charge in [0.2, 0.25) is 0 Å². The van der Waals surface area contributed by atoms with Crippen LogP contribution in [-0.4, -0.2) is 6.26 Å². The molecule has 1 aliphatic carbocycles. The molecule has 1 fully saturated rings. The van der Waals surface area contributed by atoms with Crippen molar-refractivity contribution in [2.75, 3.05) is 6.26 Å². The van der Waals surface area contributed by atoms with E-state index in [4.69, 9.17) is 5.73 Å². The highest BCUT2D eigenvalue weighted by molar-refractivity contribution is 7.98. The summed E-state index contributed by atoms with van der Waals surface area (Å²) in [6.45, 7) is 2.32. The predicted octanol–water partition coefficient (Wildman–Crippen LogP) is 4.62. The van der Waals surface area contributed by atoms with Crippen molar-refractivity contribution in [3.05, 3.63) is 29.8 Å². The number of benzene rings is 1. The van der Waals surface area contributed by atoms with Crippen molar-refractivity contribution in [3.8, 4) is 0 Å². The first kappa shape index (κ1) is 14.0. The molecule has 1 aliphatic rings. The monoisotopic (exact) mass is 263 g/mol. The second-order valence-corrected chi connectivity index (χ2v) is 6.23. The topological polar surface area (TPSA) is 26.0 Å². The van der Waals surface area contributed by atoms with Crippen LogP contribution in [0.2, 0.25) is 0 Å². The fraction of sp³-hybridized carbons (Fsp3) is 0.625. The second kappa shape index (κ2) is 6.63. The van der Waals surface area contributed by atoms with Crippen LogP contribution in [-0.2, 0) is 0 Å². The van der Waals surface area contributed by atoms with Crippen LogP contribution in [0.25, 0.3) is 0 Å². The average molecular weight is 263 g/mol. The number of nitrogens with two attached hydrogens (primary N) is 1. The lowest BCUT2D eigenvalue weighted by Gasteiger charge is -2.35. The zero-order valence-electron chi connectivity index (χ0n) is 11.6. The molecule has 18 heavy (non-hydrogen) atoms. The van der Waals surface area contributed by atoms with Gasteiger partial charge in [-0.2, -0.15) is 0 Å². The highest BCUT2D eigenvalue weighted by atomic mass is 32.2. The van der Waals surface area contributed by atoms with E-state index in [1.165, 1.54) is 42.6 Å². The van der Waals surface area contributed by atoms with Gasteiger partial charge in [-0.3, -0.25) is 0 Å². The second-order valence-electron chi connectivity index (χ2n) is 5.38. The van der Waals surface area contributed by atoms with Gasteiger partial charge in [0, 0.05) is 10.9 Å². The lowest BCUT2D eigenvalue weighted by atomic mass is 9.72. The molecule has 0 amide bonds. The van der Waals surface area contributed by atoms with E-state index in [9.17, 15) is 0 Å². The van der Waals surface area contributed by atoms with Gasteiger partial charge in [0.1, 0.15) is 0 Å². The summed E-state index contributed by atoms with van der Waals surface area (Å²) in [6, 6.07) is 8.87. The molecule has 0 saturated heterocycles. The van der Waals surface area contributed by atoms with Crippen molar-refractivity contribution >= 4 is 11.8 Å². The van der Waals surface area contributed by atoms with E-state index in [-0.39, 0.29) is 6.04 Å². The first-order valence-electron chi connectivity index (χ1n) is 7.16. The van der Waals surface area contributed by atoms with E-state index in [2.05, 4.69) is 37.4 Å². The third-order valence-corrected chi connectivity index (χ3v) is 5.26. The standard InChI is InChI=1S/C16H25NS/c1-3-12-8-4-5-9-13(12)16(17)14-10-6-7-11-15(14)18-2/h6-7,10-13,16H,3-5,8-9,17H2,1-2H3. The van der Waals surface area contributed by atoms with Gasteiger partial charge in [-0.1, -0.05) is 50.8 Å². The van der Waals surface area contributed by atoms with Crippen LogP contribution in [0.3, 0.4) is 0 Å². The highest BCUT2D eigenvalue weighted by Crippen LogP contribution is 2.40. The van der Waals surface area contributed by atoms with Gasteiger partial charge < -0.3 is 5.73 Å². The van der Waals surface area contributed by atoms with Crippen LogP contribution in [0, 0.1) is 11.8 Å². The maximum Gasteiger partial charge on any atom is 0.0337 e. The Bertz CT molecular complexity index is 377. The van der Waals surface area contributed by atoms with E-state index in [1.54, 1.807) is 0 Å². The van der Waals surface area contributed by atoms with Crippen molar-refractivity contribution in [3.63, 3.8) is 0 Å². The Morgan fingerprint density at radius 2 is 2.00 bits per heavy atom. The van der Waals surface area contributed by atoms with E-state index in [1.807, 2.05) is 11.8 Å². The summed E-state index contributed by atoms with van der Waals surface area (Å²) < 4.78 is 0. The van der Waals surface area contributed by atoms with Crippen molar-refractivity contribution in [2.45, 2.75) is 50.0 Å². The van der Waals surface area contributed by atoms with Gasteiger partial charge in [0.25, 0.3) is 0 Å². The van der Waals surface area contributed by atoms with Gasteiger partial charge >= 0.3 is 0 Å². The highest BCUT2D eigenvalue weighted by Gasteiger charge is 2.30. The molecule has 1 aromatic rings. The molecule has 1 nitrogen and oxygen atoms in total. The Balaban J connectivity index is 2.20. The van der Waals surface area contributed by atoms with Crippen LogP contribution < -0.4 is 5.73 Å². The molecule has 0 radical (unpaired) electrons. The predicted molar refractivity (Wildman–Crippen MR) is 80.9 cm³/mol. The molecule has 0 heterocycles. The van der Waals surface area contributed by atoms with Crippen LogP contribution in [0.5, 0.6) is 0 Å². The lowest BCUT2D eigenvalue weighted by Crippen LogP contribution is -2.30. The number of thioether (sulfide) groups is 1. The normalized spacial score (nSPS) is 25.9. The van der Waals surface area contributed by atoms with Crippen LogP contribution >= 0.6 is 11.8 Å². The minimum absolute atomic E-state index is 0.221. The third kappa shape index (κ3) is 2.92. The Morgan fingerprint density at radius 1 is 1.28 bits per heavy atom. The maximum absolute atomic E-state index is 6.60. The number of hydrogen-bond donors (Lipinski definition) is 1. The Hall–Kier alpha value is -0.470. The van der Waals surface area contributed by atoms with Gasteiger partial charge in [-0.15, -0.1) is 11.8 Å². The average Bonchev–Trinajstić information content (AvgIpc) is 2.46. The third-order valence-electron chi connectivity index (χ3n) is 4.45. The first-order valence-corrected chi connectivity index (χ1v) is 8.38. The van der Waals surface area contributed by atoms with Crippen molar-refractivity contribution < 1.29 is 0 Å². The van der Waals surface area contributed by atoms with E-state index in [0.29, 0.717) is 5.92 Å². The largest absolute Gasteiger partial charge is 0.324 e. The van der Waals surface area contributed by atoms with E-state index in [0.717, 1.165) is 5.92 Å². The SMILES string of the molecule is CCC1CCCCC1C(N)c1ccccc1SC. The number of hydrogen-bond acceptors (Lipinski definition) is 2. The zero-order chi connectivity index (χ0) is 13.0. The fourth-order valence-corrected chi connectivity index (χ4v) is 4.04. The van der Waals surface area contributed by atoms with E-state index < -0.39 is 0 Å². The molecule has 100 valence electrons. The fourth-order valence-electron chi connectivity index (χ4n) is 3.39. The summed E-state index contributed by atoms with van der Waals surface area (Å²) in [5.41, 5.74) is 7.96. The molecule has 0 aromatic heterocycles. The maximum atomic E-state index is 6.60. The summed E-state index contributed by atoms with van der Waals surface area (Å²) in [4.78, 5) is 1.35. The molecular formula is C16H25NS. The molecular weight excluding hydrogens is 238 g/mol. The van der Waals surface area contributed by atoms with Crippen molar-refractivity contribution in [1.82, 2.24) is 0 Å². The summed E-state index contributed by atoms with van der Waals surface area (Å²) in [5.74, 6) is 1.50. The smallest absolute Gasteiger partial charge is 0.0337 e. The quantitative estimate of drug-likeness (QED) is 0.802. The van der Waals surface area contributed by atoms with Gasteiger partial charge in [-0.25, -0.2) is 0 Å². The van der Waals surface area contributed by atoms with Crippen molar-refractivity contribution in [1.29, 1.82) is 0 Å². The molecule has 3 unspecified atom stereocenters. The first-order chi connectivity index (χ1) is 8.77. The van der Waals surface area contributed by atoms with Crippen LogP contribution in [0.15, 0.2) is 29.2 Å². The summed E-state index contributed by atoms with van der Waals surface area (Å²) in [5, 5.41) is 0. The molecule has 2 rings (SSSR count). The molecule has 0 aliphatic heterocycles. The molecule has 0 spiro atoms. The Morgan fingerprint density at radius 3 is 2.72 bits per heavy atom. The van der Waals surface area contributed by atoms with Crippen LogP contribution in [0.4, 0.5) is 0 Å². The minimum Gasteiger partial charge on any atom is -0.324 e. The Labute approximate surface area is 116 Å². The van der Waals surface area contributed by atoms with Crippen LogP contribution in [0.1, 0.15) is 50.6 Å². The lowest BCUT2D eigenvalue weighted by molar-refractivity contribution is 0.195. The van der Waals surface area contributed by atoms with E-state index >= 15 is 0 Å². The Kier molecular flexibility index (Phi) is 5.13. The molecule has 2 heteroatoms. The molecule has 1 aromatic carbocycles. The molecule has 3 atom stereocenters. The summed E-state index contributed by atoms with van der Waals surface area (Å²) >= 11 is 1.82.